The second-order valence-corrected chi connectivity index (χ2v) is 7.12. The number of sulfonamides is 1. The van der Waals surface area contributed by atoms with E-state index in [9.17, 15) is 12.8 Å². The van der Waals surface area contributed by atoms with E-state index < -0.39 is 28.0 Å². The topological polar surface area (TPSA) is 66.4 Å². The third-order valence-electron chi connectivity index (χ3n) is 3.62. The number of nitrogens with one attached hydrogen (secondary N) is 1. The SMILES string of the molecule is CC1(NS(=O)(=O)c2ccc(F)cc2C#CCO)CCCC1. The Kier molecular flexibility index (Phi) is 4.67. The lowest BCUT2D eigenvalue weighted by Crippen LogP contribution is -2.43. The third kappa shape index (κ3) is 3.82. The first-order valence-corrected chi connectivity index (χ1v) is 8.28. The molecule has 2 N–H and O–H groups in total. The number of hydrogen-bond acceptors (Lipinski definition) is 3. The van der Waals surface area contributed by atoms with Gasteiger partial charge in [-0.3, -0.25) is 0 Å². The van der Waals surface area contributed by atoms with Crippen molar-refractivity contribution in [2.45, 2.75) is 43.0 Å². The van der Waals surface area contributed by atoms with Gasteiger partial charge < -0.3 is 5.11 Å². The molecule has 0 aliphatic heterocycles. The lowest BCUT2D eigenvalue weighted by Gasteiger charge is -2.25. The van der Waals surface area contributed by atoms with Gasteiger partial charge in [0.1, 0.15) is 12.4 Å². The fraction of sp³-hybridized carbons (Fsp3) is 0.467. The van der Waals surface area contributed by atoms with Crippen molar-refractivity contribution >= 4 is 10.0 Å². The number of halogens is 1. The van der Waals surface area contributed by atoms with E-state index >= 15 is 0 Å². The summed E-state index contributed by atoms with van der Waals surface area (Å²) in [5.41, 5.74) is -0.410. The first-order chi connectivity index (χ1) is 9.86. The highest BCUT2D eigenvalue weighted by Gasteiger charge is 2.34. The Balaban J connectivity index is 2.39. The lowest BCUT2D eigenvalue weighted by atomic mass is 10.0. The molecule has 6 heteroatoms. The van der Waals surface area contributed by atoms with Crippen LogP contribution in [0.5, 0.6) is 0 Å². The monoisotopic (exact) mass is 311 g/mol. The van der Waals surface area contributed by atoms with Gasteiger partial charge in [0.15, 0.2) is 0 Å². The summed E-state index contributed by atoms with van der Waals surface area (Å²) in [5, 5.41) is 8.73. The summed E-state index contributed by atoms with van der Waals surface area (Å²) in [6, 6.07) is 3.36. The number of aliphatic hydroxyl groups is 1. The molecule has 0 bridgehead atoms. The molecule has 4 nitrogen and oxygen atoms in total. The Morgan fingerprint density at radius 2 is 2.05 bits per heavy atom. The standard InChI is InChI=1S/C15H18FNO3S/c1-15(8-2-3-9-15)17-21(19,20)14-7-6-13(16)11-12(14)5-4-10-18/h6-7,11,17-18H,2-3,8-10H2,1H3. The summed E-state index contributed by atoms with van der Waals surface area (Å²) in [5.74, 6) is 4.28. The van der Waals surface area contributed by atoms with E-state index in [4.69, 9.17) is 5.11 Å². The highest BCUT2D eigenvalue weighted by Crippen LogP contribution is 2.31. The Bertz CT molecular complexity index is 683. The number of benzene rings is 1. The minimum absolute atomic E-state index is 0.0538. The third-order valence-corrected chi connectivity index (χ3v) is 5.32. The highest BCUT2D eigenvalue weighted by atomic mass is 32.2. The van der Waals surface area contributed by atoms with E-state index in [0.29, 0.717) is 0 Å². The largest absolute Gasteiger partial charge is 0.384 e. The zero-order chi connectivity index (χ0) is 15.5. The molecule has 1 aromatic rings. The van der Waals surface area contributed by atoms with Crippen LogP contribution in [-0.2, 0) is 10.0 Å². The van der Waals surface area contributed by atoms with Crippen LogP contribution in [0.15, 0.2) is 23.1 Å². The Morgan fingerprint density at radius 1 is 1.38 bits per heavy atom. The molecular formula is C15H18FNO3S. The summed E-state index contributed by atoms with van der Waals surface area (Å²) in [6.45, 7) is 1.46. The van der Waals surface area contributed by atoms with E-state index in [1.165, 1.54) is 6.07 Å². The zero-order valence-corrected chi connectivity index (χ0v) is 12.6. The normalized spacial score (nSPS) is 17.3. The molecule has 1 fully saturated rings. The van der Waals surface area contributed by atoms with Crippen molar-refractivity contribution in [3.63, 3.8) is 0 Å². The number of hydrogen-bond donors (Lipinski definition) is 2. The van der Waals surface area contributed by atoms with Crippen LogP contribution in [-0.4, -0.2) is 25.7 Å². The van der Waals surface area contributed by atoms with Crippen LogP contribution in [0.4, 0.5) is 4.39 Å². The zero-order valence-electron chi connectivity index (χ0n) is 11.8. The molecule has 2 rings (SSSR count). The molecule has 1 saturated carbocycles. The Hall–Kier alpha value is -1.42. The fourth-order valence-corrected chi connectivity index (χ4v) is 4.22. The quantitative estimate of drug-likeness (QED) is 0.836. The van der Waals surface area contributed by atoms with Crippen molar-refractivity contribution < 1.29 is 17.9 Å². The van der Waals surface area contributed by atoms with Crippen LogP contribution in [0.2, 0.25) is 0 Å². The molecule has 0 heterocycles. The summed E-state index contributed by atoms with van der Waals surface area (Å²) in [6.07, 6.45) is 3.54. The van der Waals surface area contributed by atoms with Gasteiger partial charge in [-0.2, -0.15) is 0 Å². The van der Waals surface area contributed by atoms with Crippen LogP contribution in [0, 0.1) is 17.7 Å². The van der Waals surface area contributed by atoms with Crippen molar-refractivity contribution in [1.29, 1.82) is 0 Å². The second kappa shape index (κ2) is 6.14. The number of rotatable bonds is 3. The molecule has 0 spiro atoms. The van der Waals surface area contributed by atoms with E-state index in [2.05, 4.69) is 16.6 Å². The van der Waals surface area contributed by atoms with E-state index in [0.717, 1.165) is 37.8 Å². The van der Waals surface area contributed by atoms with Gasteiger partial charge >= 0.3 is 0 Å². The van der Waals surface area contributed by atoms with E-state index in [1.807, 2.05) is 6.92 Å². The van der Waals surface area contributed by atoms with Gasteiger partial charge in [-0.1, -0.05) is 24.7 Å². The molecule has 0 unspecified atom stereocenters. The average molecular weight is 311 g/mol. The second-order valence-electron chi connectivity index (χ2n) is 5.47. The fourth-order valence-electron chi connectivity index (χ4n) is 2.61. The van der Waals surface area contributed by atoms with Crippen molar-refractivity contribution in [3.8, 4) is 11.8 Å². The van der Waals surface area contributed by atoms with Gasteiger partial charge in [0.05, 0.1) is 4.90 Å². The highest BCUT2D eigenvalue weighted by molar-refractivity contribution is 7.89. The first-order valence-electron chi connectivity index (χ1n) is 6.80. The molecule has 0 radical (unpaired) electrons. The van der Waals surface area contributed by atoms with Gasteiger partial charge in [-0.15, -0.1) is 0 Å². The summed E-state index contributed by atoms with van der Waals surface area (Å²) < 4.78 is 41.1. The Morgan fingerprint density at radius 3 is 2.67 bits per heavy atom. The molecule has 114 valence electrons. The van der Waals surface area contributed by atoms with Crippen LogP contribution >= 0.6 is 0 Å². The predicted octanol–water partition coefficient (Wildman–Crippen LogP) is 1.78. The van der Waals surface area contributed by atoms with Crippen molar-refractivity contribution in [2.75, 3.05) is 6.61 Å². The van der Waals surface area contributed by atoms with Gasteiger partial charge in [0.25, 0.3) is 0 Å². The van der Waals surface area contributed by atoms with Crippen LogP contribution in [0.3, 0.4) is 0 Å². The van der Waals surface area contributed by atoms with Crippen LogP contribution in [0.1, 0.15) is 38.2 Å². The van der Waals surface area contributed by atoms with Gasteiger partial charge in [0.2, 0.25) is 10.0 Å². The minimum atomic E-state index is -3.78. The van der Waals surface area contributed by atoms with Gasteiger partial charge in [-0.25, -0.2) is 17.5 Å². The van der Waals surface area contributed by atoms with Crippen molar-refractivity contribution in [1.82, 2.24) is 4.72 Å². The summed E-state index contributed by atoms with van der Waals surface area (Å²) >= 11 is 0. The maximum atomic E-state index is 13.3. The average Bonchev–Trinajstić information content (AvgIpc) is 2.81. The van der Waals surface area contributed by atoms with E-state index in [-0.39, 0.29) is 10.5 Å². The first kappa shape index (κ1) is 16.0. The van der Waals surface area contributed by atoms with Crippen LogP contribution in [0.25, 0.3) is 0 Å². The summed E-state index contributed by atoms with van der Waals surface area (Å²) in [4.78, 5) is -0.0574. The maximum absolute atomic E-state index is 13.3. The molecule has 0 amide bonds. The van der Waals surface area contributed by atoms with Crippen molar-refractivity contribution in [2.24, 2.45) is 0 Å². The Labute approximate surface area is 124 Å². The van der Waals surface area contributed by atoms with Crippen LogP contribution < -0.4 is 4.72 Å². The van der Waals surface area contributed by atoms with Gasteiger partial charge in [-0.05, 0) is 38.0 Å². The smallest absolute Gasteiger partial charge is 0.242 e. The van der Waals surface area contributed by atoms with Crippen molar-refractivity contribution in [3.05, 3.63) is 29.6 Å². The summed E-state index contributed by atoms with van der Waals surface area (Å²) in [7, 11) is -3.78. The minimum Gasteiger partial charge on any atom is -0.384 e. The molecule has 0 saturated heterocycles. The molecule has 1 aliphatic rings. The predicted molar refractivity (Wildman–Crippen MR) is 77.6 cm³/mol. The molecule has 21 heavy (non-hydrogen) atoms. The molecule has 1 aromatic carbocycles. The molecular weight excluding hydrogens is 293 g/mol. The van der Waals surface area contributed by atoms with E-state index in [1.54, 1.807) is 0 Å². The molecule has 0 atom stereocenters. The van der Waals surface area contributed by atoms with Gasteiger partial charge in [0, 0.05) is 11.1 Å². The lowest BCUT2D eigenvalue weighted by molar-refractivity contribution is 0.350. The molecule has 1 aliphatic carbocycles. The number of aliphatic hydroxyl groups excluding tert-OH is 1. The maximum Gasteiger partial charge on any atom is 0.242 e. The molecule has 0 aromatic heterocycles.